The smallest absolute Gasteiger partial charge is 0.264 e. The molecule has 48 heavy (non-hydrogen) atoms. The molecule has 3 aliphatic rings. The average molecular weight is 684 g/mol. The molecule has 3 aliphatic heterocycles. The maximum absolute atomic E-state index is 14.4. The number of carbonyl (C=O) groups excluding carboxylic acids is 1. The molecule has 13 heteroatoms. The lowest BCUT2D eigenvalue weighted by atomic mass is 9.93. The topological polar surface area (TPSA) is 90.7 Å². The summed E-state index contributed by atoms with van der Waals surface area (Å²) in [5, 5.41) is 3.00. The van der Waals surface area contributed by atoms with Gasteiger partial charge in [0.1, 0.15) is 24.2 Å². The minimum absolute atomic E-state index is 0.0561. The van der Waals surface area contributed by atoms with E-state index in [2.05, 4.69) is 14.8 Å². The fraction of sp³-hybridized carbons (Fsp3) is 0.457. The van der Waals surface area contributed by atoms with Crippen LogP contribution in [-0.4, -0.2) is 70.3 Å². The highest BCUT2D eigenvalue weighted by Gasteiger charge is 2.46. The van der Waals surface area contributed by atoms with Gasteiger partial charge in [-0.2, -0.15) is 0 Å². The minimum atomic E-state index is -3.11. The molecule has 4 aromatic rings. The van der Waals surface area contributed by atoms with Gasteiger partial charge in [0, 0.05) is 47.0 Å². The number of alkyl halides is 2. The number of fused-ring (bicyclic) bond motifs is 1. The molecule has 0 aliphatic carbocycles. The Labute approximate surface area is 281 Å². The summed E-state index contributed by atoms with van der Waals surface area (Å²) >= 11 is 5.86. The van der Waals surface area contributed by atoms with Crippen molar-refractivity contribution in [2.45, 2.75) is 63.3 Å². The van der Waals surface area contributed by atoms with Gasteiger partial charge in [0.05, 0.1) is 43.4 Å². The summed E-state index contributed by atoms with van der Waals surface area (Å²) in [5.74, 6) is -4.21. The molecule has 0 bridgehead atoms. The molecule has 2 atom stereocenters. The second-order valence-corrected chi connectivity index (χ2v) is 13.2. The maximum atomic E-state index is 14.4. The standard InChI is InChI=1S/C35H37ClF3N5O4/c36-24-5-4-23(28(37)16-24)20-48-33-3-1-2-29(42-33)22-8-12-43(13-9-22)19-32-41-30-17-25(6-7-31(30)44(32)18-26-10-14-47-26)40-34(45)27-21-46-15-11-35(27,38)39/h1-7,16-17,22,26-27H,8-15,18-21H2,(H,40,45)/t26-,27?/m0/s1. The number of nitrogens with zero attached hydrogens (tertiary/aromatic N) is 4. The molecule has 0 radical (unpaired) electrons. The number of amides is 1. The van der Waals surface area contributed by atoms with Gasteiger partial charge in [-0.15, -0.1) is 0 Å². The van der Waals surface area contributed by atoms with Crippen LogP contribution >= 0.6 is 11.6 Å². The maximum Gasteiger partial charge on any atom is 0.264 e. The van der Waals surface area contributed by atoms with Gasteiger partial charge in [-0.1, -0.05) is 23.7 Å². The first kappa shape index (κ1) is 32.8. The molecule has 9 nitrogen and oxygen atoms in total. The van der Waals surface area contributed by atoms with E-state index in [0.717, 1.165) is 56.0 Å². The number of benzene rings is 2. The number of aromatic nitrogens is 3. The first-order valence-electron chi connectivity index (χ1n) is 16.3. The van der Waals surface area contributed by atoms with Crippen molar-refractivity contribution in [2.24, 2.45) is 5.92 Å². The number of carbonyl (C=O) groups is 1. The molecule has 3 fully saturated rings. The zero-order chi connectivity index (χ0) is 33.3. The molecule has 254 valence electrons. The van der Waals surface area contributed by atoms with E-state index in [9.17, 15) is 18.0 Å². The Morgan fingerprint density at radius 3 is 2.65 bits per heavy atom. The van der Waals surface area contributed by atoms with Gasteiger partial charge >= 0.3 is 0 Å². The fourth-order valence-corrected chi connectivity index (χ4v) is 6.69. The van der Waals surface area contributed by atoms with Crippen molar-refractivity contribution in [1.29, 1.82) is 0 Å². The number of anilines is 1. The lowest BCUT2D eigenvalue weighted by Gasteiger charge is -2.32. The third-order valence-corrected chi connectivity index (χ3v) is 9.71. The predicted molar refractivity (Wildman–Crippen MR) is 174 cm³/mol. The number of pyridine rings is 1. The number of likely N-dealkylation sites (tertiary alicyclic amines) is 1. The number of hydrogen-bond acceptors (Lipinski definition) is 7. The zero-order valence-corrected chi connectivity index (χ0v) is 27.1. The van der Waals surface area contributed by atoms with Gasteiger partial charge < -0.3 is 24.1 Å². The normalized spacial score (nSPS) is 21.6. The largest absolute Gasteiger partial charge is 0.473 e. The van der Waals surface area contributed by atoms with E-state index in [1.807, 2.05) is 18.2 Å². The van der Waals surface area contributed by atoms with Crippen molar-refractivity contribution >= 4 is 34.2 Å². The molecular formula is C35H37ClF3N5O4. The van der Waals surface area contributed by atoms with Gasteiger partial charge in [-0.3, -0.25) is 9.69 Å². The number of imidazole rings is 1. The van der Waals surface area contributed by atoms with Gasteiger partial charge in [-0.05, 0) is 68.8 Å². The van der Waals surface area contributed by atoms with Gasteiger partial charge in [0.15, 0.2) is 0 Å². The molecule has 5 heterocycles. The van der Waals surface area contributed by atoms with E-state index in [-0.39, 0.29) is 31.8 Å². The van der Waals surface area contributed by atoms with Crippen molar-refractivity contribution in [2.75, 3.05) is 38.2 Å². The van der Waals surface area contributed by atoms with Crippen LogP contribution in [0.1, 0.15) is 48.7 Å². The van der Waals surface area contributed by atoms with Crippen molar-refractivity contribution in [3.05, 3.63) is 82.5 Å². The number of halogens is 4. The molecular weight excluding hydrogens is 647 g/mol. The number of nitrogens with one attached hydrogen (secondary N) is 1. The number of ether oxygens (including phenoxy) is 3. The summed E-state index contributed by atoms with van der Waals surface area (Å²) in [5.41, 5.74) is 3.37. The van der Waals surface area contributed by atoms with E-state index in [4.69, 9.17) is 35.8 Å². The van der Waals surface area contributed by atoms with Crippen LogP contribution in [0.2, 0.25) is 5.02 Å². The van der Waals surface area contributed by atoms with Crippen LogP contribution in [0.3, 0.4) is 0 Å². The van der Waals surface area contributed by atoms with Crippen LogP contribution in [0, 0.1) is 11.7 Å². The fourth-order valence-electron chi connectivity index (χ4n) is 6.53. The molecule has 2 aromatic carbocycles. The molecule has 1 unspecified atom stereocenters. The summed E-state index contributed by atoms with van der Waals surface area (Å²) in [4.78, 5) is 24.8. The summed E-state index contributed by atoms with van der Waals surface area (Å²) in [7, 11) is 0. The third-order valence-electron chi connectivity index (χ3n) is 9.47. The number of hydrogen-bond donors (Lipinski definition) is 1. The minimum Gasteiger partial charge on any atom is -0.473 e. The third kappa shape index (κ3) is 7.31. The average Bonchev–Trinajstić information content (AvgIpc) is 3.38. The van der Waals surface area contributed by atoms with Crippen LogP contribution in [-0.2, 0) is 34.0 Å². The molecule has 7 rings (SSSR count). The second kappa shape index (κ2) is 14.0. The summed E-state index contributed by atoms with van der Waals surface area (Å²) in [6.07, 6.45) is 2.42. The van der Waals surface area contributed by atoms with Crippen molar-refractivity contribution < 1.29 is 32.2 Å². The number of piperidine rings is 1. The lowest BCUT2D eigenvalue weighted by Crippen LogP contribution is -2.45. The zero-order valence-electron chi connectivity index (χ0n) is 26.3. The highest BCUT2D eigenvalue weighted by molar-refractivity contribution is 6.30. The van der Waals surface area contributed by atoms with E-state index in [0.29, 0.717) is 40.8 Å². The van der Waals surface area contributed by atoms with Crippen LogP contribution in [0.5, 0.6) is 5.88 Å². The SMILES string of the molecule is O=C(Nc1ccc2c(c1)nc(CN1CCC(c3cccc(OCc4ccc(Cl)cc4F)n3)CC1)n2C[C@@H]1CCO1)C1COCCC1(F)F. The van der Waals surface area contributed by atoms with Gasteiger partial charge in [0.2, 0.25) is 11.8 Å². The quantitative estimate of drug-likeness (QED) is 0.202. The van der Waals surface area contributed by atoms with Crippen LogP contribution in [0.4, 0.5) is 18.9 Å². The monoisotopic (exact) mass is 683 g/mol. The summed E-state index contributed by atoms with van der Waals surface area (Å²) in [6.45, 7) is 3.42. The number of rotatable bonds is 10. The van der Waals surface area contributed by atoms with E-state index in [1.54, 1.807) is 30.3 Å². The van der Waals surface area contributed by atoms with E-state index >= 15 is 0 Å². The Morgan fingerprint density at radius 1 is 1.06 bits per heavy atom. The van der Waals surface area contributed by atoms with Crippen molar-refractivity contribution in [3.63, 3.8) is 0 Å². The molecule has 3 saturated heterocycles. The van der Waals surface area contributed by atoms with Crippen molar-refractivity contribution in [3.8, 4) is 5.88 Å². The van der Waals surface area contributed by atoms with Crippen LogP contribution in [0.15, 0.2) is 54.6 Å². The highest BCUT2D eigenvalue weighted by atomic mass is 35.5. The summed E-state index contributed by atoms with van der Waals surface area (Å²) in [6, 6.07) is 15.6. The Kier molecular flexibility index (Phi) is 9.59. The highest BCUT2D eigenvalue weighted by Crippen LogP contribution is 2.34. The van der Waals surface area contributed by atoms with E-state index in [1.165, 1.54) is 6.07 Å². The van der Waals surface area contributed by atoms with Crippen LogP contribution < -0.4 is 10.1 Å². The van der Waals surface area contributed by atoms with E-state index < -0.39 is 30.0 Å². The van der Waals surface area contributed by atoms with Crippen LogP contribution in [0.25, 0.3) is 11.0 Å². The first-order chi connectivity index (χ1) is 23.2. The lowest BCUT2D eigenvalue weighted by molar-refractivity contribution is -0.159. The molecule has 2 aromatic heterocycles. The molecule has 1 N–H and O–H groups in total. The summed E-state index contributed by atoms with van der Waals surface area (Å²) < 4.78 is 61.8. The Balaban J connectivity index is 1.00. The molecule has 0 saturated carbocycles. The Hall–Kier alpha value is -3.71. The Bertz CT molecular complexity index is 1780. The van der Waals surface area contributed by atoms with Gasteiger partial charge in [0.25, 0.3) is 5.92 Å². The van der Waals surface area contributed by atoms with Crippen molar-refractivity contribution in [1.82, 2.24) is 19.4 Å². The molecule has 0 spiro atoms. The first-order valence-corrected chi connectivity index (χ1v) is 16.7. The Morgan fingerprint density at radius 2 is 1.90 bits per heavy atom. The van der Waals surface area contributed by atoms with Gasteiger partial charge in [-0.25, -0.2) is 23.1 Å². The molecule has 1 amide bonds. The predicted octanol–water partition coefficient (Wildman–Crippen LogP) is 6.58. The second-order valence-electron chi connectivity index (χ2n) is 12.7.